The van der Waals surface area contributed by atoms with Crippen molar-refractivity contribution in [2.24, 2.45) is 0 Å². The minimum Gasteiger partial charge on any atom is -0.378 e. The van der Waals surface area contributed by atoms with Gasteiger partial charge in [0.05, 0.1) is 6.61 Å². The van der Waals surface area contributed by atoms with Crippen molar-refractivity contribution in [2.75, 3.05) is 33.3 Å². The number of carbonyl (C=O) groups excluding carboxylic acids is 2. The molecule has 0 saturated carbocycles. The summed E-state index contributed by atoms with van der Waals surface area (Å²) in [7, 11) is 1.58. The van der Waals surface area contributed by atoms with Crippen LogP contribution in [0.5, 0.6) is 0 Å². The van der Waals surface area contributed by atoms with Crippen molar-refractivity contribution in [1.82, 2.24) is 14.8 Å². The van der Waals surface area contributed by atoms with Gasteiger partial charge in [-0.1, -0.05) is 6.07 Å². The molecule has 0 N–H and O–H groups in total. The van der Waals surface area contributed by atoms with Gasteiger partial charge < -0.3 is 14.5 Å². The predicted molar refractivity (Wildman–Crippen MR) is 95.8 cm³/mol. The summed E-state index contributed by atoms with van der Waals surface area (Å²) in [4.78, 5) is 32.6. The Labute approximate surface area is 155 Å². The number of hydrogen-bond acceptors (Lipinski definition) is 5. The number of aromatic nitrogens is 1. The molecule has 0 unspecified atom stereocenters. The molecule has 3 rings (SSSR count). The van der Waals surface area contributed by atoms with E-state index in [-0.39, 0.29) is 17.6 Å². The molecule has 138 valence electrons. The number of carbonyl (C=O) groups is 2. The van der Waals surface area contributed by atoms with Crippen LogP contribution in [0.15, 0.2) is 23.6 Å². The number of piperazine rings is 1. The van der Waals surface area contributed by atoms with Crippen molar-refractivity contribution in [3.05, 3.63) is 51.2 Å². The molecule has 0 atom stereocenters. The lowest BCUT2D eigenvalue weighted by Gasteiger charge is -2.34. The molecule has 1 aromatic carbocycles. The van der Waals surface area contributed by atoms with Crippen molar-refractivity contribution < 1.29 is 18.7 Å². The lowest BCUT2D eigenvalue weighted by atomic mass is 10.1. The number of rotatable bonds is 4. The maximum atomic E-state index is 13.7. The summed E-state index contributed by atoms with van der Waals surface area (Å²) >= 11 is 1.39. The zero-order valence-corrected chi connectivity index (χ0v) is 15.5. The minimum atomic E-state index is -0.389. The number of ether oxygens (including phenoxy) is 1. The average Bonchev–Trinajstić information content (AvgIpc) is 3.12. The van der Waals surface area contributed by atoms with Crippen molar-refractivity contribution in [3.8, 4) is 0 Å². The van der Waals surface area contributed by atoms with Crippen LogP contribution in [0.2, 0.25) is 0 Å². The fourth-order valence-corrected chi connectivity index (χ4v) is 3.52. The molecule has 6 nitrogen and oxygen atoms in total. The average molecular weight is 377 g/mol. The Bertz CT molecular complexity index is 816. The van der Waals surface area contributed by atoms with E-state index < -0.39 is 0 Å². The van der Waals surface area contributed by atoms with Gasteiger partial charge in [0.2, 0.25) is 0 Å². The van der Waals surface area contributed by atoms with E-state index in [1.807, 2.05) is 0 Å². The van der Waals surface area contributed by atoms with Crippen molar-refractivity contribution in [3.63, 3.8) is 0 Å². The van der Waals surface area contributed by atoms with Gasteiger partial charge >= 0.3 is 0 Å². The molecule has 2 heterocycles. The van der Waals surface area contributed by atoms with Crippen LogP contribution in [0.4, 0.5) is 4.39 Å². The Kier molecular flexibility index (Phi) is 5.63. The zero-order valence-electron chi connectivity index (χ0n) is 14.7. The van der Waals surface area contributed by atoms with E-state index in [0.29, 0.717) is 49.6 Å². The van der Waals surface area contributed by atoms with Crippen LogP contribution in [0.3, 0.4) is 0 Å². The SMILES string of the molecule is COCc1nc(C(=O)N2CCN(C(=O)c3ccc(C)c(F)c3)CC2)cs1. The van der Waals surface area contributed by atoms with Gasteiger partial charge in [-0.3, -0.25) is 9.59 Å². The first-order valence-corrected chi connectivity index (χ1v) is 9.15. The third-order valence-corrected chi connectivity index (χ3v) is 5.13. The summed E-state index contributed by atoms with van der Waals surface area (Å²) in [5.41, 5.74) is 1.24. The molecule has 1 aliphatic rings. The molecule has 26 heavy (non-hydrogen) atoms. The first-order chi connectivity index (χ1) is 12.5. The number of methoxy groups -OCH3 is 1. The van der Waals surface area contributed by atoms with Crippen molar-refractivity contribution in [2.45, 2.75) is 13.5 Å². The Hall–Kier alpha value is -2.32. The molecule has 0 spiro atoms. The van der Waals surface area contributed by atoms with Crippen LogP contribution in [-0.4, -0.2) is 59.9 Å². The molecule has 0 aliphatic carbocycles. The van der Waals surface area contributed by atoms with Gasteiger partial charge in [0.1, 0.15) is 16.5 Å². The van der Waals surface area contributed by atoms with E-state index in [4.69, 9.17) is 4.74 Å². The lowest BCUT2D eigenvalue weighted by molar-refractivity contribution is 0.0532. The predicted octanol–water partition coefficient (Wildman–Crippen LogP) is 2.34. The van der Waals surface area contributed by atoms with Crippen LogP contribution < -0.4 is 0 Å². The van der Waals surface area contributed by atoms with Gasteiger partial charge in [-0.2, -0.15) is 0 Å². The molecular formula is C18H20FN3O3S. The number of thiazole rings is 1. The summed E-state index contributed by atoms with van der Waals surface area (Å²) in [6, 6.07) is 4.49. The molecular weight excluding hydrogens is 357 g/mol. The van der Waals surface area contributed by atoms with Crippen molar-refractivity contribution in [1.29, 1.82) is 0 Å². The summed E-state index contributed by atoms with van der Waals surface area (Å²) in [5.74, 6) is -0.746. The number of amides is 2. The first kappa shape index (κ1) is 18.5. The number of nitrogens with zero attached hydrogens (tertiary/aromatic N) is 3. The molecule has 1 aliphatic heterocycles. The maximum Gasteiger partial charge on any atom is 0.273 e. The highest BCUT2D eigenvalue weighted by molar-refractivity contribution is 7.09. The highest BCUT2D eigenvalue weighted by atomic mass is 32.1. The summed E-state index contributed by atoms with van der Waals surface area (Å²) in [6.07, 6.45) is 0. The topological polar surface area (TPSA) is 62.7 Å². The molecule has 1 aromatic heterocycles. The molecule has 1 fully saturated rings. The Balaban J connectivity index is 1.60. The highest BCUT2D eigenvalue weighted by Crippen LogP contribution is 2.16. The number of aryl methyl sites for hydroxylation is 1. The van der Waals surface area contributed by atoms with Gasteiger partial charge in [-0.15, -0.1) is 11.3 Å². The van der Waals surface area contributed by atoms with E-state index in [0.717, 1.165) is 5.01 Å². The van der Waals surface area contributed by atoms with Gasteiger partial charge in [0.15, 0.2) is 0 Å². The van der Waals surface area contributed by atoms with Gasteiger partial charge in [-0.25, -0.2) is 9.37 Å². The Morgan fingerprint density at radius 2 is 1.85 bits per heavy atom. The maximum absolute atomic E-state index is 13.7. The van der Waals surface area contributed by atoms with Gasteiger partial charge in [0, 0.05) is 44.2 Å². The Morgan fingerprint density at radius 1 is 1.19 bits per heavy atom. The summed E-state index contributed by atoms with van der Waals surface area (Å²) < 4.78 is 18.7. The van der Waals surface area contributed by atoms with E-state index >= 15 is 0 Å². The second-order valence-corrected chi connectivity index (χ2v) is 7.05. The van der Waals surface area contributed by atoms with Crippen LogP contribution >= 0.6 is 11.3 Å². The van der Waals surface area contributed by atoms with E-state index in [1.165, 1.54) is 17.4 Å². The van der Waals surface area contributed by atoms with Crippen LogP contribution in [0, 0.1) is 12.7 Å². The quantitative estimate of drug-likeness (QED) is 0.821. The standard InChI is InChI=1S/C18H20FN3O3S/c1-12-3-4-13(9-14(12)19)17(23)21-5-7-22(8-6-21)18(24)15-11-26-16(20-15)10-25-2/h3-4,9,11H,5-8,10H2,1-2H3. The fourth-order valence-electron chi connectivity index (χ4n) is 2.78. The highest BCUT2D eigenvalue weighted by Gasteiger charge is 2.27. The lowest BCUT2D eigenvalue weighted by Crippen LogP contribution is -2.50. The van der Waals surface area contributed by atoms with E-state index in [2.05, 4.69) is 4.98 Å². The number of benzene rings is 1. The minimum absolute atomic E-state index is 0.142. The molecule has 2 amide bonds. The second kappa shape index (κ2) is 7.92. The summed E-state index contributed by atoms with van der Waals surface area (Å²) in [5, 5.41) is 2.48. The van der Waals surface area contributed by atoms with E-state index in [9.17, 15) is 14.0 Å². The molecule has 1 saturated heterocycles. The molecule has 0 radical (unpaired) electrons. The van der Waals surface area contributed by atoms with Gasteiger partial charge in [0.25, 0.3) is 11.8 Å². The van der Waals surface area contributed by atoms with Crippen LogP contribution in [0.1, 0.15) is 31.4 Å². The molecule has 0 bridgehead atoms. The normalized spacial score (nSPS) is 14.6. The zero-order chi connectivity index (χ0) is 18.7. The molecule has 2 aromatic rings. The van der Waals surface area contributed by atoms with Gasteiger partial charge in [-0.05, 0) is 24.6 Å². The van der Waals surface area contributed by atoms with Crippen molar-refractivity contribution >= 4 is 23.2 Å². The van der Waals surface area contributed by atoms with Crippen LogP contribution in [0.25, 0.3) is 0 Å². The third-order valence-electron chi connectivity index (χ3n) is 4.31. The van der Waals surface area contributed by atoms with E-state index in [1.54, 1.807) is 41.3 Å². The number of hydrogen-bond donors (Lipinski definition) is 0. The first-order valence-electron chi connectivity index (χ1n) is 8.27. The fraction of sp³-hybridized carbons (Fsp3) is 0.389. The largest absolute Gasteiger partial charge is 0.378 e. The molecule has 8 heteroatoms. The van der Waals surface area contributed by atoms with Crippen LogP contribution in [-0.2, 0) is 11.3 Å². The Morgan fingerprint density at radius 3 is 2.46 bits per heavy atom. The number of halogens is 1. The smallest absolute Gasteiger partial charge is 0.273 e. The second-order valence-electron chi connectivity index (χ2n) is 6.11. The summed E-state index contributed by atoms with van der Waals surface area (Å²) in [6.45, 7) is 3.72. The monoisotopic (exact) mass is 377 g/mol. The third kappa shape index (κ3) is 3.91.